The Morgan fingerprint density at radius 1 is 1.25 bits per heavy atom. The van der Waals surface area contributed by atoms with E-state index in [2.05, 4.69) is 44.1 Å². The van der Waals surface area contributed by atoms with Gasteiger partial charge in [0.05, 0.1) is 0 Å². The van der Waals surface area contributed by atoms with Gasteiger partial charge in [0.25, 0.3) is 0 Å². The minimum Gasteiger partial charge on any atom is -0.492 e. The number of rotatable bonds is 4. The standard InChI is InChI=1S/C13H17NOS/c1-10-8-11-9-12(4-5-13(11)16-10)15-7-6-14(2)3/h4-5,8-9H,6-7H2,1-3H3. The first-order valence-corrected chi connectivity index (χ1v) is 6.24. The first-order chi connectivity index (χ1) is 7.65. The molecule has 0 atom stereocenters. The fourth-order valence-electron chi connectivity index (χ4n) is 1.59. The van der Waals surface area contributed by atoms with Gasteiger partial charge in [0, 0.05) is 16.1 Å². The van der Waals surface area contributed by atoms with Crippen LogP contribution in [0.4, 0.5) is 0 Å². The van der Waals surface area contributed by atoms with Crippen LogP contribution in [-0.2, 0) is 0 Å². The van der Waals surface area contributed by atoms with E-state index in [0.717, 1.165) is 18.9 Å². The van der Waals surface area contributed by atoms with E-state index in [1.54, 1.807) is 0 Å². The first-order valence-electron chi connectivity index (χ1n) is 5.43. The quantitative estimate of drug-likeness (QED) is 0.807. The van der Waals surface area contributed by atoms with E-state index in [4.69, 9.17) is 4.74 Å². The third kappa shape index (κ3) is 2.74. The summed E-state index contributed by atoms with van der Waals surface area (Å²) in [6.07, 6.45) is 0. The molecule has 0 saturated carbocycles. The summed E-state index contributed by atoms with van der Waals surface area (Å²) in [6.45, 7) is 3.82. The van der Waals surface area contributed by atoms with Crippen molar-refractivity contribution in [3.8, 4) is 5.75 Å². The molecular formula is C13H17NOS. The van der Waals surface area contributed by atoms with Crippen molar-refractivity contribution in [3.63, 3.8) is 0 Å². The average molecular weight is 235 g/mol. The molecule has 2 aromatic rings. The van der Waals surface area contributed by atoms with Crippen LogP contribution >= 0.6 is 11.3 Å². The highest BCUT2D eigenvalue weighted by atomic mass is 32.1. The monoisotopic (exact) mass is 235 g/mol. The van der Waals surface area contributed by atoms with Crippen LogP contribution in [-0.4, -0.2) is 32.1 Å². The van der Waals surface area contributed by atoms with E-state index in [1.165, 1.54) is 15.0 Å². The van der Waals surface area contributed by atoms with Gasteiger partial charge in [-0.1, -0.05) is 0 Å². The molecule has 0 saturated heterocycles. The van der Waals surface area contributed by atoms with Crippen LogP contribution < -0.4 is 4.74 Å². The zero-order valence-corrected chi connectivity index (χ0v) is 10.8. The Morgan fingerprint density at radius 3 is 2.81 bits per heavy atom. The van der Waals surface area contributed by atoms with Gasteiger partial charge in [0.1, 0.15) is 12.4 Å². The third-order valence-electron chi connectivity index (χ3n) is 2.42. The van der Waals surface area contributed by atoms with Crippen molar-refractivity contribution in [2.45, 2.75) is 6.92 Å². The molecule has 2 rings (SSSR count). The maximum absolute atomic E-state index is 5.70. The van der Waals surface area contributed by atoms with Gasteiger partial charge in [-0.25, -0.2) is 0 Å². The van der Waals surface area contributed by atoms with E-state index in [-0.39, 0.29) is 0 Å². The minimum absolute atomic E-state index is 0.738. The first kappa shape index (κ1) is 11.4. The van der Waals surface area contributed by atoms with E-state index < -0.39 is 0 Å². The summed E-state index contributed by atoms with van der Waals surface area (Å²) in [6, 6.07) is 8.51. The molecule has 1 aromatic carbocycles. The van der Waals surface area contributed by atoms with Crippen molar-refractivity contribution < 1.29 is 4.74 Å². The van der Waals surface area contributed by atoms with Gasteiger partial charge < -0.3 is 9.64 Å². The fraction of sp³-hybridized carbons (Fsp3) is 0.385. The summed E-state index contributed by atoms with van der Waals surface area (Å²) in [5, 5.41) is 1.28. The fourth-order valence-corrected chi connectivity index (χ4v) is 2.49. The highest BCUT2D eigenvalue weighted by molar-refractivity contribution is 7.19. The molecule has 0 radical (unpaired) electrons. The molecule has 16 heavy (non-hydrogen) atoms. The second kappa shape index (κ2) is 4.85. The largest absolute Gasteiger partial charge is 0.492 e. The predicted octanol–water partition coefficient (Wildman–Crippen LogP) is 3.15. The Morgan fingerprint density at radius 2 is 2.06 bits per heavy atom. The highest BCUT2D eigenvalue weighted by Gasteiger charge is 2.01. The van der Waals surface area contributed by atoms with Crippen LogP contribution in [0.5, 0.6) is 5.75 Å². The van der Waals surface area contributed by atoms with Crippen molar-refractivity contribution in [2.75, 3.05) is 27.2 Å². The van der Waals surface area contributed by atoms with Gasteiger partial charge in [-0.3, -0.25) is 0 Å². The summed E-state index contributed by atoms with van der Waals surface area (Å²) in [5.41, 5.74) is 0. The molecule has 0 bridgehead atoms. The van der Waals surface area contributed by atoms with Crippen molar-refractivity contribution in [1.82, 2.24) is 4.90 Å². The number of hydrogen-bond donors (Lipinski definition) is 0. The second-order valence-corrected chi connectivity index (χ2v) is 5.50. The molecule has 1 aromatic heterocycles. The summed E-state index contributed by atoms with van der Waals surface area (Å²) in [5.74, 6) is 0.965. The molecule has 86 valence electrons. The van der Waals surface area contributed by atoms with Gasteiger partial charge in [-0.05, 0) is 50.7 Å². The molecular weight excluding hydrogens is 218 g/mol. The maximum atomic E-state index is 5.70. The lowest BCUT2D eigenvalue weighted by Gasteiger charge is -2.10. The zero-order chi connectivity index (χ0) is 11.5. The van der Waals surface area contributed by atoms with Crippen LogP contribution in [0.1, 0.15) is 4.88 Å². The Balaban J connectivity index is 2.07. The molecule has 0 unspecified atom stereocenters. The van der Waals surface area contributed by atoms with Crippen LogP contribution in [0.25, 0.3) is 10.1 Å². The maximum Gasteiger partial charge on any atom is 0.120 e. The number of aryl methyl sites for hydroxylation is 1. The van der Waals surface area contributed by atoms with Crippen molar-refractivity contribution >= 4 is 21.4 Å². The molecule has 0 N–H and O–H groups in total. The molecule has 0 fully saturated rings. The van der Waals surface area contributed by atoms with E-state index >= 15 is 0 Å². The van der Waals surface area contributed by atoms with Gasteiger partial charge >= 0.3 is 0 Å². The summed E-state index contributed by atoms with van der Waals surface area (Å²) < 4.78 is 7.03. The molecule has 0 aliphatic carbocycles. The van der Waals surface area contributed by atoms with Crippen LogP contribution in [0.2, 0.25) is 0 Å². The average Bonchev–Trinajstić information content (AvgIpc) is 2.56. The second-order valence-electron chi connectivity index (χ2n) is 4.21. The van der Waals surface area contributed by atoms with E-state index in [0.29, 0.717) is 0 Å². The van der Waals surface area contributed by atoms with Crippen LogP contribution in [0, 0.1) is 6.92 Å². The predicted molar refractivity (Wildman–Crippen MR) is 70.6 cm³/mol. The number of fused-ring (bicyclic) bond motifs is 1. The molecule has 0 amide bonds. The number of hydrogen-bond acceptors (Lipinski definition) is 3. The lowest BCUT2D eigenvalue weighted by atomic mass is 10.2. The lowest BCUT2D eigenvalue weighted by molar-refractivity contribution is 0.261. The zero-order valence-electron chi connectivity index (χ0n) is 9.99. The SMILES string of the molecule is Cc1cc2cc(OCCN(C)C)ccc2s1. The van der Waals surface area contributed by atoms with Gasteiger partial charge in [-0.2, -0.15) is 0 Å². The Kier molecular flexibility index (Phi) is 3.46. The molecule has 0 aliphatic heterocycles. The van der Waals surface area contributed by atoms with Crippen molar-refractivity contribution in [2.24, 2.45) is 0 Å². The van der Waals surface area contributed by atoms with Gasteiger partial charge in [0.15, 0.2) is 0 Å². The number of benzene rings is 1. The van der Waals surface area contributed by atoms with Crippen LogP contribution in [0.15, 0.2) is 24.3 Å². The smallest absolute Gasteiger partial charge is 0.120 e. The molecule has 2 nitrogen and oxygen atoms in total. The van der Waals surface area contributed by atoms with E-state index in [1.807, 2.05) is 17.4 Å². The van der Waals surface area contributed by atoms with Crippen LogP contribution in [0.3, 0.4) is 0 Å². The number of likely N-dealkylation sites (N-methyl/N-ethyl adjacent to an activating group) is 1. The minimum atomic E-state index is 0.738. The van der Waals surface area contributed by atoms with E-state index in [9.17, 15) is 0 Å². The summed E-state index contributed by atoms with van der Waals surface area (Å²) in [7, 11) is 4.10. The molecule has 1 heterocycles. The lowest BCUT2D eigenvalue weighted by Crippen LogP contribution is -2.19. The number of thiophene rings is 1. The van der Waals surface area contributed by atoms with Gasteiger partial charge in [-0.15, -0.1) is 11.3 Å². The topological polar surface area (TPSA) is 12.5 Å². The highest BCUT2D eigenvalue weighted by Crippen LogP contribution is 2.28. The summed E-state index contributed by atoms with van der Waals surface area (Å²) >= 11 is 1.83. The Labute approximate surface area is 100 Å². The molecule has 0 aliphatic rings. The number of ether oxygens (including phenoxy) is 1. The van der Waals surface area contributed by atoms with Gasteiger partial charge in [0.2, 0.25) is 0 Å². The molecule has 3 heteroatoms. The number of nitrogens with zero attached hydrogens (tertiary/aromatic N) is 1. The normalized spacial score (nSPS) is 11.2. The third-order valence-corrected chi connectivity index (χ3v) is 3.45. The Hall–Kier alpha value is -1.06. The Bertz CT molecular complexity index is 476. The van der Waals surface area contributed by atoms with Crippen molar-refractivity contribution in [1.29, 1.82) is 0 Å². The molecule has 0 spiro atoms. The summed E-state index contributed by atoms with van der Waals surface area (Å²) in [4.78, 5) is 3.47. The van der Waals surface area contributed by atoms with Crippen molar-refractivity contribution in [3.05, 3.63) is 29.1 Å².